The highest BCUT2D eigenvalue weighted by Gasteiger charge is 2.33. The fourth-order valence-corrected chi connectivity index (χ4v) is 1.73. The third kappa shape index (κ3) is 6.65. The van der Waals surface area contributed by atoms with Gasteiger partial charge in [-0.3, -0.25) is 4.79 Å². The van der Waals surface area contributed by atoms with Crippen molar-refractivity contribution in [3.63, 3.8) is 0 Å². The molecule has 122 valence electrons. The number of rotatable bonds is 2. The number of nitrogens with zero attached hydrogens (tertiary/aromatic N) is 1. The molecule has 0 spiro atoms. The van der Waals surface area contributed by atoms with Crippen molar-refractivity contribution in [2.24, 2.45) is 0 Å². The van der Waals surface area contributed by atoms with Crippen molar-refractivity contribution >= 4 is 12.0 Å². The molecule has 1 rings (SSSR count). The Hall–Kier alpha value is -1.51. The van der Waals surface area contributed by atoms with Crippen LogP contribution in [0.5, 0.6) is 0 Å². The van der Waals surface area contributed by atoms with Gasteiger partial charge in [-0.1, -0.05) is 0 Å². The highest BCUT2D eigenvalue weighted by atomic mass is 19.4. The van der Waals surface area contributed by atoms with Gasteiger partial charge in [0.1, 0.15) is 18.2 Å². The molecule has 0 aromatic heterocycles. The van der Waals surface area contributed by atoms with Gasteiger partial charge in [-0.05, 0) is 20.8 Å². The van der Waals surface area contributed by atoms with Crippen molar-refractivity contribution in [2.45, 2.75) is 38.6 Å². The van der Waals surface area contributed by atoms with Gasteiger partial charge < -0.3 is 20.3 Å². The molecular formula is C12H20F3N3O3. The molecule has 0 aromatic rings. The summed E-state index contributed by atoms with van der Waals surface area (Å²) in [6.45, 7) is 4.35. The molecule has 2 N–H and O–H groups in total. The lowest BCUT2D eigenvalue weighted by Gasteiger charge is -2.34. The molecule has 0 saturated carbocycles. The maximum absolute atomic E-state index is 12.1. The lowest BCUT2D eigenvalue weighted by Crippen LogP contribution is -2.59. The fraction of sp³-hybridized carbons (Fsp3) is 0.833. The molecule has 6 nitrogen and oxygen atoms in total. The fourth-order valence-electron chi connectivity index (χ4n) is 1.73. The summed E-state index contributed by atoms with van der Waals surface area (Å²) in [5, 5.41) is 4.57. The number of alkyl halides is 3. The van der Waals surface area contributed by atoms with Crippen LogP contribution in [0.3, 0.4) is 0 Å². The predicted molar refractivity (Wildman–Crippen MR) is 68.7 cm³/mol. The molecule has 1 heterocycles. The summed E-state index contributed by atoms with van der Waals surface area (Å²) < 4.78 is 41.3. The zero-order valence-electron chi connectivity index (χ0n) is 12.2. The Morgan fingerprint density at radius 2 is 1.95 bits per heavy atom. The van der Waals surface area contributed by atoms with E-state index < -0.39 is 36.4 Å². The molecule has 0 bridgehead atoms. The van der Waals surface area contributed by atoms with E-state index in [0.717, 1.165) is 0 Å². The third-order valence-electron chi connectivity index (χ3n) is 2.61. The van der Waals surface area contributed by atoms with E-state index in [1.165, 1.54) is 4.90 Å². The number of piperazine rings is 1. The molecule has 1 saturated heterocycles. The van der Waals surface area contributed by atoms with Crippen LogP contribution in [0.25, 0.3) is 0 Å². The molecule has 9 heteroatoms. The van der Waals surface area contributed by atoms with Crippen LogP contribution in [-0.2, 0) is 9.53 Å². The first-order valence-electron chi connectivity index (χ1n) is 6.54. The first kappa shape index (κ1) is 17.5. The number of hydrogen-bond donors (Lipinski definition) is 2. The van der Waals surface area contributed by atoms with Gasteiger partial charge in [-0.15, -0.1) is 0 Å². The van der Waals surface area contributed by atoms with Crippen molar-refractivity contribution in [3.05, 3.63) is 0 Å². The topological polar surface area (TPSA) is 70.7 Å². The van der Waals surface area contributed by atoms with Crippen LogP contribution in [0.2, 0.25) is 0 Å². The van der Waals surface area contributed by atoms with Gasteiger partial charge in [0.15, 0.2) is 0 Å². The van der Waals surface area contributed by atoms with Gasteiger partial charge in [0.05, 0.1) is 0 Å². The van der Waals surface area contributed by atoms with Crippen molar-refractivity contribution in [3.8, 4) is 0 Å². The highest BCUT2D eigenvalue weighted by molar-refractivity contribution is 5.83. The minimum Gasteiger partial charge on any atom is -0.444 e. The maximum Gasteiger partial charge on any atom is 0.410 e. The quantitative estimate of drug-likeness (QED) is 0.794. The Kier molecular flexibility index (Phi) is 5.43. The average Bonchev–Trinajstić information content (AvgIpc) is 2.33. The number of halogens is 3. The van der Waals surface area contributed by atoms with Gasteiger partial charge in [0.25, 0.3) is 0 Å². The van der Waals surface area contributed by atoms with Gasteiger partial charge in [0, 0.05) is 19.6 Å². The van der Waals surface area contributed by atoms with Gasteiger partial charge in [-0.25, -0.2) is 4.79 Å². The number of ether oxygens (including phenoxy) is 1. The Balaban J connectivity index is 2.52. The van der Waals surface area contributed by atoms with Gasteiger partial charge in [0.2, 0.25) is 5.91 Å². The molecule has 0 aromatic carbocycles. The van der Waals surface area contributed by atoms with Crippen molar-refractivity contribution in [1.82, 2.24) is 15.5 Å². The molecule has 0 aliphatic carbocycles. The number of hydrogen-bond acceptors (Lipinski definition) is 4. The molecule has 1 fully saturated rings. The monoisotopic (exact) mass is 311 g/mol. The van der Waals surface area contributed by atoms with Crippen LogP contribution < -0.4 is 10.6 Å². The normalized spacial score (nSPS) is 20.1. The molecule has 1 aliphatic heterocycles. The molecule has 1 atom stereocenters. The number of nitrogens with one attached hydrogen (secondary N) is 2. The zero-order valence-corrected chi connectivity index (χ0v) is 12.2. The number of carbonyl (C=O) groups is 2. The van der Waals surface area contributed by atoms with E-state index in [1.807, 2.05) is 0 Å². The van der Waals surface area contributed by atoms with Crippen molar-refractivity contribution in [2.75, 3.05) is 26.2 Å². The van der Waals surface area contributed by atoms with Crippen LogP contribution in [0.1, 0.15) is 20.8 Å². The predicted octanol–water partition coefficient (Wildman–Crippen LogP) is 0.874. The summed E-state index contributed by atoms with van der Waals surface area (Å²) in [6.07, 6.45) is -5.05. The second-order valence-electron chi connectivity index (χ2n) is 5.77. The molecule has 0 unspecified atom stereocenters. The number of amides is 2. The standard InChI is InChI=1S/C12H20F3N3O3/c1-11(2,3)21-10(20)18-5-4-16-8(6-18)9(19)17-7-12(13,14)15/h8,16H,4-7H2,1-3H3,(H,17,19)/t8-/m1/s1. The van der Waals surface area contributed by atoms with E-state index in [-0.39, 0.29) is 6.54 Å². The van der Waals surface area contributed by atoms with E-state index in [0.29, 0.717) is 13.1 Å². The minimum atomic E-state index is -4.46. The summed E-state index contributed by atoms with van der Waals surface area (Å²) in [5.41, 5.74) is -0.671. The van der Waals surface area contributed by atoms with Crippen LogP contribution in [0.4, 0.5) is 18.0 Å². The second kappa shape index (κ2) is 6.50. The molecular weight excluding hydrogens is 291 g/mol. The first-order valence-corrected chi connectivity index (χ1v) is 6.54. The Labute approximate surface area is 121 Å². The smallest absolute Gasteiger partial charge is 0.410 e. The maximum atomic E-state index is 12.1. The third-order valence-corrected chi connectivity index (χ3v) is 2.61. The summed E-state index contributed by atoms with van der Waals surface area (Å²) >= 11 is 0. The van der Waals surface area contributed by atoms with Gasteiger partial charge >= 0.3 is 12.3 Å². The summed E-state index contributed by atoms with van der Waals surface area (Å²) in [5.74, 6) is -0.791. The lowest BCUT2D eigenvalue weighted by molar-refractivity contribution is -0.140. The van der Waals surface area contributed by atoms with Crippen LogP contribution in [0.15, 0.2) is 0 Å². The Bertz CT molecular complexity index is 393. The molecule has 1 aliphatic rings. The number of carbonyl (C=O) groups excluding carboxylic acids is 2. The highest BCUT2D eigenvalue weighted by Crippen LogP contribution is 2.13. The van der Waals surface area contributed by atoms with Crippen LogP contribution in [-0.4, -0.2) is 60.9 Å². The first-order chi connectivity index (χ1) is 9.48. The molecule has 0 radical (unpaired) electrons. The van der Waals surface area contributed by atoms with E-state index in [4.69, 9.17) is 4.74 Å². The van der Waals surface area contributed by atoms with E-state index >= 15 is 0 Å². The lowest BCUT2D eigenvalue weighted by atomic mass is 10.2. The average molecular weight is 311 g/mol. The van der Waals surface area contributed by atoms with E-state index in [1.54, 1.807) is 26.1 Å². The minimum absolute atomic E-state index is 0.0292. The summed E-state index contributed by atoms with van der Waals surface area (Å²) in [4.78, 5) is 24.8. The summed E-state index contributed by atoms with van der Waals surface area (Å²) in [7, 11) is 0. The van der Waals surface area contributed by atoms with E-state index in [9.17, 15) is 22.8 Å². The molecule has 21 heavy (non-hydrogen) atoms. The largest absolute Gasteiger partial charge is 0.444 e. The Morgan fingerprint density at radius 1 is 1.33 bits per heavy atom. The van der Waals surface area contributed by atoms with Crippen LogP contribution >= 0.6 is 0 Å². The summed E-state index contributed by atoms with van der Waals surface area (Å²) in [6, 6.07) is -0.881. The van der Waals surface area contributed by atoms with E-state index in [2.05, 4.69) is 5.32 Å². The zero-order chi connectivity index (χ0) is 16.3. The second-order valence-corrected chi connectivity index (χ2v) is 5.77. The van der Waals surface area contributed by atoms with Crippen molar-refractivity contribution in [1.29, 1.82) is 0 Å². The van der Waals surface area contributed by atoms with Gasteiger partial charge in [-0.2, -0.15) is 13.2 Å². The van der Waals surface area contributed by atoms with Crippen LogP contribution in [0, 0.1) is 0 Å². The Morgan fingerprint density at radius 3 is 2.48 bits per heavy atom. The molecule has 2 amide bonds. The van der Waals surface area contributed by atoms with Crippen molar-refractivity contribution < 1.29 is 27.5 Å². The SMILES string of the molecule is CC(C)(C)OC(=O)N1CCN[C@@H](C(=O)NCC(F)(F)F)C1.